The molecule has 0 spiro atoms. The Kier molecular flexibility index (Phi) is 5.38. The molecule has 1 aliphatic heterocycles. The molecule has 128 valence electrons. The minimum absolute atomic E-state index is 0.0716. The summed E-state index contributed by atoms with van der Waals surface area (Å²) in [6.45, 7) is 7.47. The number of hydrogen-bond donors (Lipinski definition) is 0. The molecule has 1 aromatic carbocycles. The van der Waals surface area contributed by atoms with Crippen molar-refractivity contribution in [1.29, 1.82) is 0 Å². The van der Waals surface area contributed by atoms with Crippen molar-refractivity contribution < 1.29 is 13.2 Å². The summed E-state index contributed by atoms with van der Waals surface area (Å²) in [6, 6.07) is 6.43. The molecule has 0 aromatic heterocycles. The van der Waals surface area contributed by atoms with Crippen LogP contribution in [-0.4, -0.2) is 49.7 Å². The molecule has 5 nitrogen and oxygen atoms in total. The lowest BCUT2D eigenvalue weighted by molar-refractivity contribution is -0.134. The molecule has 1 saturated heterocycles. The van der Waals surface area contributed by atoms with Gasteiger partial charge < -0.3 is 4.90 Å². The van der Waals surface area contributed by atoms with E-state index in [9.17, 15) is 13.2 Å². The molecule has 0 atom stereocenters. The maximum absolute atomic E-state index is 12.7. The molecule has 7 heteroatoms. The average molecular weight is 359 g/mol. The van der Waals surface area contributed by atoms with Gasteiger partial charge in [0.15, 0.2) is 0 Å². The Morgan fingerprint density at radius 1 is 1.13 bits per heavy atom. The second-order valence-electron chi connectivity index (χ2n) is 6.95. The highest BCUT2D eigenvalue weighted by molar-refractivity contribution is 7.89. The molecule has 0 bridgehead atoms. The summed E-state index contributed by atoms with van der Waals surface area (Å²) in [6.07, 6.45) is 0.463. The highest BCUT2D eigenvalue weighted by Crippen LogP contribution is 2.26. The molecular formula is C16H23ClN2O3S. The monoisotopic (exact) mass is 358 g/mol. The molecule has 1 heterocycles. The fourth-order valence-corrected chi connectivity index (χ4v) is 4.45. The summed E-state index contributed by atoms with van der Waals surface area (Å²) < 4.78 is 26.7. The number of rotatable bonds is 3. The number of carbonyl (C=O) groups excluding carboxylic acids is 1. The van der Waals surface area contributed by atoms with Gasteiger partial charge in [0.1, 0.15) is 4.90 Å². The van der Waals surface area contributed by atoms with Gasteiger partial charge in [-0.05, 0) is 17.5 Å². The molecule has 23 heavy (non-hydrogen) atoms. The van der Waals surface area contributed by atoms with Gasteiger partial charge in [0.05, 0.1) is 5.02 Å². The maximum atomic E-state index is 12.7. The summed E-state index contributed by atoms with van der Waals surface area (Å²) >= 11 is 6.01. The van der Waals surface area contributed by atoms with Crippen molar-refractivity contribution in [3.8, 4) is 0 Å². The number of benzene rings is 1. The van der Waals surface area contributed by atoms with E-state index in [1.54, 1.807) is 23.1 Å². The summed E-state index contributed by atoms with van der Waals surface area (Å²) in [4.78, 5) is 14.1. The van der Waals surface area contributed by atoms with Crippen LogP contribution < -0.4 is 0 Å². The van der Waals surface area contributed by atoms with E-state index >= 15 is 0 Å². The topological polar surface area (TPSA) is 57.7 Å². The first-order valence-electron chi connectivity index (χ1n) is 7.64. The summed E-state index contributed by atoms with van der Waals surface area (Å²) in [5.41, 5.74) is -0.0716. The third-order valence-electron chi connectivity index (χ3n) is 3.73. The first kappa shape index (κ1) is 18.2. The van der Waals surface area contributed by atoms with Crippen LogP contribution in [-0.2, 0) is 14.8 Å². The zero-order chi connectivity index (χ0) is 17.3. The smallest absolute Gasteiger partial charge is 0.244 e. The second kappa shape index (κ2) is 6.79. The van der Waals surface area contributed by atoms with Gasteiger partial charge in [0, 0.05) is 32.6 Å². The van der Waals surface area contributed by atoms with Crippen LogP contribution >= 0.6 is 11.6 Å². The molecule has 1 aromatic rings. The zero-order valence-electron chi connectivity index (χ0n) is 13.8. The Bertz CT molecular complexity index is 675. The van der Waals surface area contributed by atoms with Crippen LogP contribution in [0.3, 0.4) is 0 Å². The molecule has 0 saturated carbocycles. The Balaban J connectivity index is 2.04. The molecule has 0 N–H and O–H groups in total. The van der Waals surface area contributed by atoms with Crippen LogP contribution in [0.2, 0.25) is 5.02 Å². The van der Waals surface area contributed by atoms with E-state index < -0.39 is 10.0 Å². The van der Waals surface area contributed by atoms with E-state index in [0.717, 1.165) is 0 Å². The van der Waals surface area contributed by atoms with Crippen LogP contribution in [0.5, 0.6) is 0 Å². The number of amides is 1. The standard InChI is InChI=1S/C16H23ClN2O3S/c1-16(2,3)12-15(20)18-8-10-19(11-9-18)23(21,22)14-7-5-4-6-13(14)17/h4-7H,8-12H2,1-3H3. The molecule has 1 fully saturated rings. The number of piperazine rings is 1. The normalized spacial score (nSPS) is 17.3. The largest absolute Gasteiger partial charge is 0.340 e. The van der Waals surface area contributed by atoms with Crippen molar-refractivity contribution in [2.45, 2.75) is 32.1 Å². The third-order valence-corrected chi connectivity index (χ3v) is 6.13. The van der Waals surface area contributed by atoms with Crippen molar-refractivity contribution >= 4 is 27.5 Å². The van der Waals surface area contributed by atoms with Gasteiger partial charge >= 0.3 is 0 Å². The Hall–Kier alpha value is -1.11. The molecule has 1 aliphatic rings. The number of halogens is 1. The van der Waals surface area contributed by atoms with Gasteiger partial charge in [0.2, 0.25) is 15.9 Å². The van der Waals surface area contributed by atoms with Gasteiger partial charge in [0.25, 0.3) is 0 Å². The SMILES string of the molecule is CC(C)(C)CC(=O)N1CCN(S(=O)(=O)c2ccccc2Cl)CC1. The van der Waals surface area contributed by atoms with Crippen molar-refractivity contribution in [3.05, 3.63) is 29.3 Å². The van der Waals surface area contributed by atoms with Crippen LogP contribution in [0.4, 0.5) is 0 Å². The molecular weight excluding hydrogens is 336 g/mol. The minimum atomic E-state index is -3.61. The fourth-order valence-electron chi connectivity index (χ4n) is 2.54. The highest BCUT2D eigenvalue weighted by Gasteiger charge is 2.32. The van der Waals surface area contributed by atoms with E-state index in [1.807, 2.05) is 20.8 Å². The van der Waals surface area contributed by atoms with E-state index in [1.165, 1.54) is 10.4 Å². The number of nitrogens with zero attached hydrogens (tertiary/aromatic N) is 2. The quantitative estimate of drug-likeness (QED) is 0.834. The first-order valence-corrected chi connectivity index (χ1v) is 9.45. The lowest BCUT2D eigenvalue weighted by atomic mass is 9.91. The van der Waals surface area contributed by atoms with Crippen molar-refractivity contribution in [1.82, 2.24) is 9.21 Å². The predicted octanol–water partition coefficient (Wildman–Crippen LogP) is 2.61. The third kappa shape index (κ3) is 4.46. The van der Waals surface area contributed by atoms with E-state index in [4.69, 9.17) is 11.6 Å². The molecule has 0 unspecified atom stereocenters. The van der Waals surface area contributed by atoms with Crippen LogP contribution in [0.25, 0.3) is 0 Å². The average Bonchev–Trinajstić information content (AvgIpc) is 2.46. The molecule has 1 amide bonds. The Morgan fingerprint density at radius 2 is 1.70 bits per heavy atom. The van der Waals surface area contributed by atoms with Gasteiger partial charge in [-0.3, -0.25) is 4.79 Å². The van der Waals surface area contributed by atoms with Gasteiger partial charge in [-0.2, -0.15) is 4.31 Å². The predicted molar refractivity (Wildman–Crippen MR) is 90.9 cm³/mol. The van der Waals surface area contributed by atoms with Crippen molar-refractivity contribution in [3.63, 3.8) is 0 Å². The highest BCUT2D eigenvalue weighted by atomic mass is 35.5. The van der Waals surface area contributed by atoms with Crippen LogP contribution in [0.1, 0.15) is 27.2 Å². The van der Waals surface area contributed by atoms with Crippen LogP contribution in [0.15, 0.2) is 29.2 Å². The Labute approximate surface area is 143 Å². The fraction of sp³-hybridized carbons (Fsp3) is 0.562. The Morgan fingerprint density at radius 3 is 2.22 bits per heavy atom. The minimum Gasteiger partial charge on any atom is -0.340 e. The number of carbonyl (C=O) groups is 1. The number of sulfonamides is 1. The van der Waals surface area contributed by atoms with Crippen molar-refractivity contribution in [2.24, 2.45) is 5.41 Å². The number of hydrogen-bond acceptors (Lipinski definition) is 3. The first-order chi connectivity index (χ1) is 10.6. The second-order valence-corrected chi connectivity index (χ2v) is 9.27. The molecule has 0 radical (unpaired) electrons. The molecule has 0 aliphatic carbocycles. The summed E-state index contributed by atoms with van der Waals surface area (Å²) in [5.74, 6) is 0.0762. The van der Waals surface area contributed by atoms with E-state index in [2.05, 4.69) is 0 Å². The zero-order valence-corrected chi connectivity index (χ0v) is 15.3. The summed E-state index contributed by atoms with van der Waals surface area (Å²) in [7, 11) is -3.61. The molecule has 2 rings (SSSR count). The van der Waals surface area contributed by atoms with Crippen LogP contribution in [0, 0.1) is 5.41 Å². The maximum Gasteiger partial charge on any atom is 0.244 e. The van der Waals surface area contributed by atoms with Gasteiger partial charge in [-0.15, -0.1) is 0 Å². The van der Waals surface area contributed by atoms with E-state index in [-0.39, 0.29) is 21.2 Å². The van der Waals surface area contributed by atoms with Crippen molar-refractivity contribution in [2.75, 3.05) is 26.2 Å². The summed E-state index contributed by atoms with van der Waals surface area (Å²) in [5, 5.41) is 0.221. The lowest BCUT2D eigenvalue weighted by Gasteiger charge is -2.35. The van der Waals surface area contributed by atoms with Gasteiger partial charge in [-0.25, -0.2) is 8.42 Å². The lowest BCUT2D eigenvalue weighted by Crippen LogP contribution is -2.51. The van der Waals surface area contributed by atoms with Gasteiger partial charge in [-0.1, -0.05) is 44.5 Å². The van der Waals surface area contributed by atoms with E-state index in [0.29, 0.717) is 32.6 Å².